The summed E-state index contributed by atoms with van der Waals surface area (Å²) in [5, 5.41) is 18.5. The van der Waals surface area contributed by atoms with Gasteiger partial charge in [-0.15, -0.1) is 6.58 Å². The van der Waals surface area contributed by atoms with Crippen LogP contribution in [-0.4, -0.2) is 64.3 Å². The minimum atomic E-state index is -1.07. The fourth-order valence-corrected chi connectivity index (χ4v) is 2.05. The zero-order valence-corrected chi connectivity index (χ0v) is 10.6. The maximum absolute atomic E-state index is 12.1. The van der Waals surface area contributed by atoms with E-state index in [9.17, 15) is 14.7 Å². The van der Waals surface area contributed by atoms with Gasteiger partial charge in [0.1, 0.15) is 6.04 Å². The number of hydrogen-bond donors (Lipinski definition) is 2. The van der Waals surface area contributed by atoms with Crippen LogP contribution in [0, 0.1) is 0 Å². The predicted molar refractivity (Wildman–Crippen MR) is 66.2 cm³/mol. The summed E-state index contributed by atoms with van der Waals surface area (Å²) in [5.74, 6) is -1.07. The molecule has 1 aliphatic rings. The number of carbonyl (C=O) groups is 2. The van der Waals surface area contributed by atoms with Gasteiger partial charge in [-0.2, -0.15) is 0 Å². The molecule has 102 valence electrons. The van der Waals surface area contributed by atoms with Gasteiger partial charge in [-0.05, 0) is 12.8 Å². The van der Waals surface area contributed by atoms with Crippen LogP contribution in [0.2, 0.25) is 0 Å². The van der Waals surface area contributed by atoms with Crippen molar-refractivity contribution in [3.63, 3.8) is 0 Å². The van der Waals surface area contributed by atoms with Gasteiger partial charge in [0.25, 0.3) is 0 Å². The lowest BCUT2D eigenvalue weighted by Gasteiger charge is -2.27. The van der Waals surface area contributed by atoms with Crippen LogP contribution < -0.4 is 0 Å². The molecule has 0 bridgehead atoms. The molecule has 1 fully saturated rings. The molecular formula is C12H20N2O4. The lowest BCUT2D eigenvalue weighted by molar-refractivity contribution is -0.141. The second kappa shape index (κ2) is 6.39. The van der Waals surface area contributed by atoms with Crippen LogP contribution in [0.4, 0.5) is 4.79 Å². The Hall–Kier alpha value is -1.56. The molecule has 6 heteroatoms. The van der Waals surface area contributed by atoms with E-state index in [0.29, 0.717) is 6.54 Å². The minimum absolute atomic E-state index is 0.0849. The van der Waals surface area contributed by atoms with Crippen LogP contribution >= 0.6 is 0 Å². The molecule has 0 aliphatic carbocycles. The number of aliphatic hydroxyl groups is 1. The van der Waals surface area contributed by atoms with Gasteiger partial charge in [-0.1, -0.05) is 6.08 Å². The molecule has 0 aromatic carbocycles. The van der Waals surface area contributed by atoms with Crippen molar-refractivity contribution in [1.82, 2.24) is 9.80 Å². The van der Waals surface area contributed by atoms with Crippen LogP contribution in [0.15, 0.2) is 12.7 Å². The first-order valence-electron chi connectivity index (χ1n) is 6.01. The molecule has 0 spiro atoms. The molecule has 1 aliphatic heterocycles. The number of aliphatic hydroxyl groups excluding tert-OH is 1. The maximum Gasteiger partial charge on any atom is 0.326 e. The average Bonchev–Trinajstić information content (AvgIpc) is 2.70. The molecule has 1 saturated heterocycles. The number of nitrogens with zero attached hydrogens (tertiary/aromatic N) is 2. The maximum atomic E-state index is 12.1. The molecule has 0 unspecified atom stereocenters. The standard InChI is InChI=1S/C12H20N2O4/c1-3-4-5-6-13(2)12(18)14-8-9(15)7-10(14)11(16)17/h3,9-10,15H,1,4-8H2,2H3,(H,16,17)/t9-,10+/m1/s1. The molecule has 2 atom stereocenters. The smallest absolute Gasteiger partial charge is 0.326 e. The Kier molecular flexibility index (Phi) is 5.15. The second-order valence-electron chi connectivity index (χ2n) is 4.53. The first-order valence-corrected chi connectivity index (χ1v) is 6.01. The van der Waals surface area contributed by atoms with E-state index in [4.69, 9.17) is 5.11 Å². The Morgan fingerprint density at radius 2 is 2.22 bits per heavy atom. The minimum Gasteiger partial charge on any atom is -0.480 e. The van der Waals surface area contributed by atoms with Crippen molar-refractivity contribution in [3.05, 3.63) is 12.7 Å². The van der Waals surface area contributed by atoms with Crippen molar-refractivity contribution < 1.29 is 19.8 Å². The fourth-order valence-electron chi connectivity index (χ4n) is 2.05. The summed E-state index contributed by atoms with van der Waals surface area (Å²) in [6.45, 7) is 4.23. The topological polar surface area (TPSA) is 81.1 Å². The molecule has 0 radical (unpaired) electrons. The van der Waals surface area contributed by atoms with E-state index in [0.717, 1.165) is 12.8 Å². The number of carbonyl (C=O) groups excluding carboxylic acids is 1. The SMILES string of the molecule is C=CCCCN(C)C(=O)N1C[C@H](O)C[C@H]1C(=O)O. The number of allylic oxidation sites excluding steroid dienone is 1. The third kappa shape index (κ3) is 3.46. The van der Waals surface area contributed by atoms with Gasteiger partial charge in [0.05, 0.1) is 6.10 Å². The van der Waals surface area contributed by atoms with Crippen LogP contribution in [0.5, 0.6) is 0 Å². The number of hydrogen-bond acceptors (Lipinski definition) is 3. The Balaban J connectivity index is 2.58. The Bertz CT molecular complexity index is 332. The number of β-amino-alcohol motifs (C(OH)–C–C–N with tert-alkyl or cyclic N) is 1. The zero-order valence-electron chi connectivity index (χ0n) is 10.6. The number of likely N-dealkylation sites (tertiary alicyclic amines) is 1. The van der Waals surface area contributed by atoms with Gasteiger partial charge < -0.3 is 20.0 Å². The fraction of sp³-hybridized carbons (Fsp3) is 0.667. The third-order valence-electron chi connectivity index (χ3n) is 3.04. The van der Waals surface area contributed by atoms with Crippen molar-refractivity contribution in [3.8, 4) is 0 Å². The molecular weight excluding hydrogens is 236 g/mol. The monoisotopic (exact) mass is 256 g/mol. The van der Waals surface area contributed by atoms with Gasteiger partial charge in [-0.3, -0.25) is 0 Å². The summed E-state index contributed by atoms with van der Waals surface area (Å²) >= 11 is 0. The van der Waals surface area contributed by atoms with E-state index in [-0.39, 0.29) is 19.0 Å². The number of aliphatic carboxylic acids is 1. The Morgan fingerprint density at radius 1 is 1.56 bits per heavy atom. The molecule has 1 rings (SSSR count). The highest BCUT2D eigenvalue weighted by Gasteiger charge is 2.39. The molecule has 0 saturated carbocycles. The van der Waals surface area contributed by atoms with Gasteiger partial charge in [0.2, 0.25) is 0 Å². The highest BCUT2D eigenvalue weighted by Crippen LogP contribution is 2.19. The van der Waals surface area contributed by atoms with Crippen LogP contribution in [0.1, 0.15) is 19.3 Å². The van der Waals surface area contributed by atoms with Crippen LogP contribution in [0.25, 0.3) is 0 Å². The first-order chi connectivity index (χ1) is 8.47. The highest BCUT2D eigenvalue weighted by molar-refractivity contribution is 5.83. The van der Waals surface area contributed by atoms with E-state index in [1.165, 1.54) is 9.80 Å². The van der Waals surface area contributed by atoms with Crippen molar-refractivity contribution in [2.45, 2.75) is 31.4 Å². The van der Waals surface area contributed by atoms with Crippen molar-refractivity contribution in [2.75, 3.05) is 20.1 Å². The van der Waals surface area contributed by atoms with E-state index < -0.39 is 18.1 Å². The van der Waals surface area contributed by atoms with Gasteiger partial charge in [0.15, 0.2) is 0 Å². The Morgan fingerprint density at radius 3 is 2.78 bits per heavy atom. The molecule has 1 heterocycles. The number of urea groups is 1. The normalized spacial score (nSPS) is 22.9. The highest BCUT2D eigenvalue weighted by atomic mass is 16.4. The van der Waals surface area contributed by atoms with E-state index in [1.807, 2.05) is 0 Å². The van der Waals surface area contributed by atoms with Crippen LogP contribution in [0.3, 0.4) is 0 Å². The van der Waals surface area contributed by atoms with Crippen LogP contribution in [-0.2, 0) is 4.79 Å². The Labute approximate surface area is 106 Å². The predicted octanol–water partition coefficient (Wildman–Crippen LogP) is 0.524. The van der Waals surface area contributed by atoms with Gasteiger partial charge >= 0.3 is 12.0 Å². The van der Waals surface area contributed by atoms with E-state index in [1.54, 1.807) is 13.1 Å². The third-order valence-corrected chi connectivity index (χ3v) is 3.04. The number of unbranched alkanes of at least 4 members (excludes halogenated alkanes) is 1. The number of carboxylic acid groups (broad SMARTS) is 1. The van der Waals surface area contributed by atoms with Crippen molar-refractivity contribution in [1.29, 1.82) is 0 Å². The lowest BCUT2D eigenvalue weighted by atomic mass is 10.2. The van der Waals surface area contributed by atoms with Gasteiger partial charge in [0, 0.05) is 26.6 Å². The largest absolute Gasteiger partial charge is 0.480 e. The molecule has 2 amide bonds. The average molecular weight is 256 g/mol. The lowest BCUT2D eigenvalue weighted by Crippen LogP contribution is -2.47. The van der Waals surface area contributed by atoms with Crippen molar-refractivity contribution in [2.24, 2.45) is 0 Å². The molecule has 0 aromatic heterocycles. The van der Waals surface area contributed by atoms with Crippen molar-refractivity contribution >= 4 is 12.0 Å². The first kappa shape index (κ1) is 14.5. The molecule has 18 heavy (non-hydrogen) atoms. The summed E-state index contributed by atoms with van der Waals surface area (Å²) < 4.78 is 0. The summed E-state index contributed by atoms with van der Waals surface area (Å²) in [6.07, 6.45) is 2.72. The van der Waals surface area contributed by atoms with E-state index >= 15 is 0 Å². The summed E-state index contributed by atoms with van der Waals surface area (Å²) in [5.41, 5.74) is 0. The van der Waals surface area contributed by atoms with E-state index in [2.05, 4.69) is 6.58 Å². The summed E-state index contributed by atoms with van der Waals surface area (Å²) in [6, 6.07) is -1.27. The second-order valence-corrected chi connectivity index (χ2v) is 4.53. The molecule has 0 aromatic rings. The summed E-state index contributed by atoms with van der Waals surface area (Å²) in [4.78, 5) is 25.8. The number of carboxylic acids is 1. The molecule has 2 N–H and O–H groups in total. The number of amides is 2. The summed E-state index contributed by atoms with van der Waals surface area (Å²) in [7, 11) is 1.63. The molecule has 6 nitrogen and oxygen atoms in total. The number of rotatable bonds is 5. The van der Waals surface area contributed by atoms with Gasteiger partial charge in [-0.25, -0.2) is 9.59 Å². The quantitative estimate of drug-likeness (QED) is 0.555. The zero-order chi connectivity index (χ0) is 13.7.